The quantitative estimate of drug-likeness (QED) is 0.452. The molecule has 0 spiro atoms. The highest BCUT2D eigenvalue weighted by molar-refractivity contribution is 14.1. The minimum absolute atomic E-state index is 1.06. The highest BCUT2D eigenvalue weighted by Gasteiger charge is 1.96. The number of aryl methyl sites for hydroxylation is 1. The van der Waals surface area contributed by atoms with Crippen LogP contribution in [0.4, 0.5) is 0 Å². The van der Waals surface area contributed by atoms with Gasteiger partial charge in [-0.05, 0) is 29.9 Å². The number of rotatable bonds is 8. The van der Waals surface area contributed by atoms with Gasteiger partial charge in [0.1, 0.15) is 0 Å². The first-order chi connectivity index (χ1) is 7.34. The van der Waals surface area contributed by atoms with Crippen LogP contribution in [0.15, 0.2) is 12.3 Å². The van der Waals surface area contributed by atoms with Crippen molar-refractivity contribution in [2.24, 2.45) is 7.05 Å². The van der Waals surface area contributed by atoms with E-state index < -0.39 is 0 Å². The van der Waals surface area contributed by atoms with Crippen LogP contribution in [0.25, 0.3) is 0 Å². The van der Waals surface area contributed by atoms with E-state index in [0.29, 0.717) is 0 Å². The lowest BCUT2D eigenvalue weighted by Crippen LogP contribution is -2.19. The number of halogens is 1. The molecular weight excluding hydrogens is 301 g/mol. The van der Waals surface area contributed by atoms with E-state index in [4.69, 9.17) is 0 Å². The number of alkyl halides is 1. The lowest BCUT2D eigenvalue weighted by Gasteiger charge is -2.04. The highest BCUT2D eigenvalue weighted by atomic mass is 127. The average molecular weight is 321 g/mol. The van der Waals surface area contributed by atoms with Crippen LogP contribution >= 0.6 is 22.6 Å². The van der Waals surface area contributed by atoms with E-state index in [1.54, 1.807) is 0 Å². The molecule has 1 N–H and O–H groups in total. The van der Waals surface area contributed by atoms with Crippen LogP contribution < -0.4 is 5.32 Å². The van der Waals surface area contributed by atoms with E-state index in [2.05, 4.69) is 39.1 Å². The van der Waals surface area contributed by atoms with Gasteiger partial charge in [0.05, 0.1) is 0 Å². The van der Waals surface area contributed by atoms with Crippen molar-refractivity contribution in [2.45, 2.75) is 25.7 Å². The minimum Gasteiger partial charge on any atom is -0.316 e. The molecule has 0 saturated carbocycles. The summed E-state index contributed by atoms with van der Waals surface area (Å²) < 4.78 is 3.23. The lowest BCUT2D eigenvalue weighted by atomic mass is 10.2. The first-order valence-corrected chi connectivity index (χ1v) is 7.10. The Morgan fingerprint density at radius 1 is 1.33 bits per heavy atom. The van der Waals surface area contributed by atoms with Crippen molar-refractivity contribution >= 4 is 22.6 Å². The molecule has 1 aromatic heterocycles. The van der Waals surface area contributed by atoms with Crippen LogP contribution in [-0.4, -0.2) is 27.3 Å². The van der Waals surface area contributed by atoms with Crippen LogP contribution in [-0.2, 0) is 13.5 Å². The van der Waals surface area contributed by atoms with Gasteiger partial charge in [-0.1, -0.05) is 29.0 Å². The molecule has 0 aliphatic heterocycles. The van der Waals surface area contributed by atoms with E-state index in [1.165, 1.54) is 29.4 Å². The third-order valence-corrected chi connectivity index (χ3v) is 3.23. The summed E-state index contributed by atoms with van der Waals surface area (Å²) in [6.07, 6.45) is 6.93. The largest absolute Gasteiger partial charge is 0.316 e. The van der Waals surface area contributed by atoms with Gasteiger partial charge in [0, 0.05) is 31.9 Å². The second-order valence-electron chi connectivity index (χ2n) is 3.70. The summed E-state index contributed by atoms with van der Waals surface area (Å²) >= 11 is 2.44. The third-order valence-electron chi connectivity index (χ3n) is 2.47. The van der Waals surface area contributed by atoms with Crippen molar-refractivity contribution < 1.29 is 0 Å². The fourth-order valence-corrected chi connectivity index (χ4v) is 2.05. The summed E-state index contributed by atoms with van der Waals surface area (Å²) in [6.45, 7) is 2.21. The molecule has 0 saturated heterocycles. The number of hydrogen-bond acceptors (Lipinski definition) is 2. The molecule has 0 unspecified atom stereocenters. The second kappa shape index (κ2) is 8.10. The zero-order valence-corrected chi connectivity index (χ0v) is 11.5. The first-order valence-electron chi connectivity index (χ1n) is 5.58. The van der Waals surface area contributed by atoms with E-state index in [0.717, 1.165) is 19.5 Å². The Labute approximate surface area is 106 Å². The number of hydrogen-bond donors (Lipinski definition) is 1. The molecule has 86 valence electrons. The second-order valence-corrected chi connectivity index (χ2v) is 4.77. The molecule has 1 rings (SSSR count). The Morgan fingerprint density at radius 3 is 2.87 bits per heavy atom. The summed E-state index contributed by atoms with van der Waals surface area (Å²) in [4.78, 5) is 0. The van der Waals surface area contributed by atoms with Gasteiger partial charge in [0.15, 0.2) is 0 Å². The number of aromatic nitrogens is 2. The standard InChI is InChI=1S/C11H20IN3/c1-15-11(6-10-14-15)5-9-13-8-4-2-3-7-12/h6,10,13H,2-5,7-9H2,1H3. The van der Waals surface area contributed by atoms with E-state index in [-0.39, 0.29) is 0 Å². The van der Waals surface area contributed by atoms with Crippen molar-refractivity contribution in [1.82, 2.24) is 15.1 Å². The molecule has 0 atom stereocenters. The van der Waals surface area contributed by atoms with Crippen molar-refractivity contribution in [1.29, 1.82) is 0 Å². The van der Waals surface area contributed by atoms with Crippen molar-refractivity contribution in [3.8, 4) is 0 Å². The lowest BCUT2D eigenvalue weighted by molar-refractivity contribution is 0.604. The third kappa shape index (κ3) is 5.51. The van der Waals surface area contributed by atoms with Crippen molar-refractivity contribution in [3.05, 3.63) is 18.0 Å². The van der Waals surface area contributed by atoms with Gasteiger partial charge < -0.3 is 5.32 Å². The van der Waals surface area contributed by atoms with E-state index in [9.17, 15) is 0 Å². The molecular formula is C11H20IN3. The molecule has 1 aromatic rings. The van der Waals surface area contributed by atoms with Crippen LogP contribution in [0.3, 0.4) is 0 Å². The topological polar surface area (TPSA) is 29.9 Å². The fraction of sp³-hybridized carbons (Fsp3) is 0.727. The van der Waals surface area contributed by atoms with Gasteiger partial charge in [-0.15, -0.1) is 0 Å². The summed E-state index contributed by atoms with van der Waals surface area (Å²) in [6, 6.07) is 2.08. The normalized spacial score (nSPS) is 10.8. The van der Waals surface area contributed by atoms with Crippen LogP contribution in [0.2, 0.25) is 0 Å². The zero-order chi connectivity index (χ0) is 10.9. The smallest absolute Gasteiger partial charge is 0.0492 e. The average Bonchev–Trinajstić information content (AvgIpc) is 2.63. The SMILES string of the molecule is Cn1nccc1CCNCCCCCI. The Balaban J connectivity index is 1.96. The molecule has 3 nitrogen and oxygen atoms in total. The van der Waals surface area contributed by atoms with Gasteiger partial charge in [-0.2, -0.15) is 5.10 Å². The Kier molecular flexibility index (Phi) is 7.00. The molecule has 1 heterocycles. The predicted molar refractivity (Wildman–Crippen MR) is 72.5 cm³/mol. The Morgan fingerprint density at radius 2 is 2.20 bits per heavy atom. The Hall–Kier alpha value is -0.100. The fourth-order valence-electron chi connectivity index (χ4n) is 1.51. The maximum absolute atomic E-state index is 4.14. The van der Waals surface area contributed by atoms with Crippen molar-refractivity contribution in [3.63, 3.8) is 0 Å². The minimum atomic E-state index is 1.06. The van der Waals surface area contributed by atoms with Crippen LogP contribution in [0, 0.1) is 0 Å². The number of unbranched alkanes of at least 4 members (excludes halogenated alkanes) is 2. The number of nitrogens with one attached hydrogen (secondary N) is 1. The predicted octanol–water partition coefficient (Wildman–Crippen LogP) is 2.16. The van der Waals surface area contributed by atoms with Crippen molar-refractivity contribution in [2.75, 3.05) is 17.5 Å². The van der Waals surface area contributed by atoms with Gasteiger partial charge in [0.2, 0.25) is 0 Å². The van der Waals surface area contributed by atoms with Crippen LogP contribution in [0.5, 0.6) is 0 Å². The maximum Gasteiger partial charge on any atom is 0.0492 e. The van der Waals surface area contributed by atoms with Gasteiger partial charge in [-0.3, -0.25) is 4.68 Å². The molecule has 0 amide bonds. The summed E-state index contributed by atoms with van der Waals surface area (Å²) in [5.74, 6) is 0. The summed E-state index contributed by atoms with van der Waals surface area (Å²) in [5.41, 5.74) is 1.30. The molecule has 0 aliphatic carbocycles. The monoisotopic (exact) mass is 321 g/mol. The molecule has 0 aromatic carbocycles. The molecule has 0 bridgehead atoms. The first kappa shape index (κ1) is 13.0. The van der Waals surface area contributed by atoms with Crippen LogP contribution in [0.1, 0.15) is 25.0 Å². The van der Waals surface area contributed by atoms with E-state index in [1.807, 2.05) is 17.9 Å². The van der Waals surface area contributed by atoms with E-state index >= 15 is 0 Å². The zero-order valence-electron chi connectivity index (χ0n) is 9.38. The maximum atomic E-state index is 4.14. The molecule has 4 heteroatoms. The molecule has 0 radical (unpaired) electrons. The van der Waals surface area contributed by atoms with Gasteiger partial charge >= 0.3 is 0 Å². The van der Waals surface area contributed by atoms with Gasteiger partial charge in [0.25, 0.3) is 0 Å². The molecule has 15 heavy (non-hydrogen) atoms. The van der Waals surface area contributed by atoms with Gasteiger partial charge in [-0.25, -0.2) is 0 Å². The summed E-state index contributed by atoms with van der Waals surface area (Å²) in [5, 5.41) is 7.61. The summed E-state index contributed by atoms with van der Waals surface area (Å²) in [7, 11) is 2.00. The molecule has 0 fully saturated rings. The molecule has 0 aliphatic rings. The highest BCUT2D eigenvalue weighted by Crippen LogP contribution is 1.98. The Bertz CT molecular complexity index is 260. The number of nitrogens with zero attached hydrogens (tertiary/aromatic N) is 2.